The van der Waals surface area contributed by atoms with Gasteiger partial charge in [-0.2, -0.15) is 8.42 Å². The predicted octanol–water partition coefficient (Wildman–Crippen LogP) is 4.18. The van der Waals surface area contributed by atoms with E-state index >= 15 is 0 Å². The summed E-state index contributed by atoms with van der Waals surface area (Å²) in [5.41, 5.74) is 0.842. The second kappa shape index (κ2) is 7.96. The minimum Gasteiger partial charge on any atom is -0.478 e. The van der Waals surface area contributed by atoms with E-state index < -0.39 is 16.1 Å². The van der Waals surface area contributed by atoms with Crippen molar-refractivity contribution in [1.82, 2.24) is 0 Å². The molecular weight excluding hydrogens is 464 g/mol. The number of carboxylic acid groups (broad SMARTS) is 1. The van der Waals surface area contributed by atoms with E-state index in [2.05, 4.69) is 31.9 Å². The smallest absolute Gasteiger partial charge is 0.339 e. The van der Waals surface area contributed by atoms with Crippen LogP contribution >= 0.6 is 31.9 Å². The summed E-state index contributed by atoms with van der Waals surface area (Å²) in [5, 5.41) is 9.81. The summed E-state index contributed by atoms with van der Waals surface area (Å²) in [4.78, 5) is 11.4. The summed E-state index contributed by atoms with van der Waals surface area (Å²) in [7, 11) is -4.11. The van der Waals surface area contributed by atoms with Gasteiger partial charge < -0.3 is 9.29 Å². The monoisotopic (exact) mass is 474 g/mol. The molecule has 0 saturated heterocycles. The third kappa shape index (κ3) is 4.46. The average Bonchev–Trinajstić information content (AvgIpc) is 2.55. The van der Waals surface area contributed by atoms with E-state index in [-0.39, 0.29) is 10.5 Å². The Balaban J connectivity index is 2.39. The Morgan fingerprint density at radius 2 is 1.75 bits per heavy atom. The summed E-state index contributed by atoms with van der Waals surface area (Å²) in [6.07, 6.45) is 0.751. The maximum atomic E-state index is 12.2. The molecule has 0 atom stereocenters. The number of carbonyl (C=O) groups is 1. The molecule has 2 rings (SSSR count). The first-order valence-corrected chi connectivity index (χ1v) is 9.94. The molecule has 5 nitrogen and oxygen atoms in total. The quantitative estimate of drug-likeness (QED) is 0.293. The molecule has 2 aromatic rings. The average molecular weight is 476 g/mol. The molecule has 0 fully saturated rings. The number of alkyl halides is 1. The number of hydrogen-bond donors (Lipinski definition) is 1. The van der Waals surface area contributed by atoms with E-state index in [4.69, 9.17) is 4.18 Å². The first-order valence-electron chi connectivity index (χ1n) is 6.61. The van der Waals surface area contributed by atoms with Crippen LogP contribution in [-0.2, 0) is 24.4 Å². The Morgan fingerprint density at radius 1 is 1.12 bits per heavy atom. The van der Waals surface area contributed by atoms with Crippen LogP contribution in [0.2, 0.25) is 0 Å². The maximum Gasteiger partial charge on any atom is 0.339 e. The fraction of sp³-hybridized carbons (Fsp3) is 0.0625. The molecule has 0 aliphatic heterocycles. The SMILES string of the molecule is O=C(O)C(=COS(=O)(=O)c1ccc(Br)cc1)c1ccccc1CBr. The number of rotatable bonds is 6. The van der Waals surface area contributed by atoms with Crippen molar-refractivity contribution in [3.63, 3.8) is 0 Å². The first-order chi connectivity index (χ1) is 11.3. The molecule has 0 aliphatic rings. The summed E-state index contributed by atoms with van der Waals surface area (Å²) in [5.74, 6) is -1.28. The number of hydrogen-bond acceptors (Lipinski definition) is 4. The maximum absolute atomic E-state index is 12.2. The lowest BCUT2D eigenvalue weighted by molar-refractivity contribution is -0.130. The van der Waals surface area contributed by atoms with Crippen molar-refractivity contribution < 1.29 is 22.5 Å². The van der Waals surface area contributed by atoms with Gasteiger partial charge in [-0.15, -0.1) is 0 Å². The Kier molecular flexibility index (Phi) is 6.20. The van der Waals surface area contributed by atoms with Crippen molar-refractivity contribution in [2.75, 3.05) is 0 Å². The highest BCUT2D eigenvalue weighted by Crippen LogP contribution is 2.24. The Bertz CT molecular complexity index is 874. The molecule has 0 heterocycles. The molecule has 0 saturated carbocycles. The van der Waals surface area contributed by atoms with Crippen molar-refractivity contribution in [3.05, 3.63) is 70.4 Å². The van der Waals surface area contributed by atoms with E-state index in [1.165, 1.54) is 12.1 Å². The van der Waals surface area contributed by atoms with Gasteiger partial charge in [-0.05, 0) is 35.4 Å². The zero-order valence-corrected chi connectivity index (χ0v) is 16.1. The van der Waals surface area contributed by atoms with E-state index in [9.17, 15) is 18.3 Å². The number of aliphatic carboxylic acids is 1. The van der Waals surface area contributed by atoms with Gasteiger partial charge in [0.25, 0.3) is 0 Å². The molecule has 0 aromatic heterocycles. The highest BCUT2D eigenvalue weighted by atomic mass is 79.9. The van der Waals surface area contributed by atoms with Gasteiger partial charge in [-0.1, -0.05) is 56.1 Å². The van der Waals surface area contributed by atoms with Crippen LogP contribution in [0.4, 0.5) is 0 Å². The van der Waals surface area contributed by atoms with Crippen LogP contribution in [0.15, 0.2) is 64.2 Å². The molecule has 0 unspecified atom stereocenters. The highest BCUT2D eigenvalue weighted by molar-refractivity contribution is 9.10. The summed E-state index contributed by atoms with van der Waals surface area (Å²) < 4.78 is 29.9. The van der Waals surface area contributed by atoms with E-state index in [1.54, 1.807) is 36.4 Å². The van der Waals surface area contributed by atoms with Gasteiger partial charge >= 0.3 is 16.1 Å². The topological polar surface area (TPSA) is 80.7 Å². The van der Waals surface area contributed by atoms with Crippen LogP contribution < -0.4 is 0 Å². The fourth-order valence-electron chi connectivity index (χ4n) is 1.90. The normalized spacial score (nSPS) is 12.0. The van der Waals surface area contributed by atoms with Crippen LogP contribution in [0.25, 0.3) is 5.57 Å². The van der Waals surface area contributed by atoms with Crippen LogP contribution in [0.5, 0.6) is 0 Å². The van der Waals surface area contributed by atoms with E-state index in [0.29, 0.717) is 16.5 Å². The van der Waals surface area contributed by atoms with Crippen LogP contribution in [0, 0.1) is 0 Å². The Morgan fingerprint density at radius 3 is 2.33 bits per heavy atom. The van der Waals surface area contributed by atoms with Gasteiger partial charge in [0.1, 0.15) is 16.7 Å². The molecular formula is C16H12Br2O5S. The van der Waals surface area contributed by atoms with Gasteiger partial charge in [-0.3, -0.25) is 0 Å². The molecule has 0 aliphatic carbocycles. The number of carboxylic acids is 1. The van der Waals surface area contributed by atoms with Gasteiger partial charge in [0.15, 0.2) is 0 Å². The summed E-state index contributed by atoms with van der Waals surface area (Å²) >= 11 is 6.49. The number of halogens is 2. The van der Waals surface area contributed by atoms with Gasteiger partial charge in [0, 0.05) is 9.80 Å². The van der Waals surface area contributed by atoms with E-state index in [0.717, 1.165) is 10.7 Å². The lowest BCUT2D eigenvalue weighted by Gasteiger charge is -2.09. The van der Waals surface area contributed by atoms with Crippen molar-refractivity contribution in [2.45, 2.75) is 10.2 Å². The highest BCUT2D eigenvalue weighted by Gasteiger charge is 2.19. The second-order valence-corrected chi connectivity index (χ2v) is 7.68. The van der Waals surface area contributed by atoms with Crippen molar-refractivity contribution in [3.8, 4) is 0 Å². The number of benzene rings is 2. The van der Waals surface area contributed by atoms with Crippen molar-refractivity contribution >= 4 is 53.5 Å². The molecule has 126 valence electrons. The third-order valence-electron chi connectivity index (χ3n) is 3.08. The van der Waals surface area contributed by atoms with Gasteiger partial charge in [-0.25, -0.2) is 4.79 Å². The minimum absolute atomic E-state index is 0.0690. The molecule has 2 aromatic carbocycles. The molecule has 0 radical (unpaired) electrons. The standard InChI is InChI=1S/C16H12Br2O5S/c17-9-11-3-1-2-4-14(11)15(16(19)20)10-23-24(21,22)13-7-5-12(18)6-8-13/h1-8,10H,9H2,(H,19,20). The molecule has 24 heavy (non-hydrogen) atoms. The fourth-order valence-corrected chi connectivity index (χ4v) is 3.45. The first kappa shape index (κ1) is 18.7. The van der Waals surface area contributed by atoms with Gasteiger partial charge in [0.2, 0.25) is 0 Å². The molecule has 8 heteroatoms. The van der Waals surface area contributed by atoms with E-state index in [1.807, 2.05) is 0 Å². The van der Waals surface area contributed by atoms with Crippen LogP contribution in [0.3, 0.4) is 0 Å². The van der Waals surface area contributed by atoms with Crippen molar-refractivity contribution in [2.24, 2.45) is 0 Å². The second-order valence-electron chi connectivity index (χ2n) is 4.63. The molecule has 0 amide bonds. The lowest BCUT2D eigenvalue weighted by Crippen LogP contribution is -2.07. The summed E-state index contributed by atoms with van der Waals surface area (Å²) in [6.45, 7) is 0. The predicted molar refractivity (Wildman–Crippen MR) is 97.1 cm³/mol. The molecule has 0 bridgehead atoms. The van der Waals surface area contributed by atoms with Gasteiger partial charge in [0.05, 0.1) is 0 Å². The minimum atomic E-state index is -4.11. The largest absolute Gasteiger partial charge is 0.478 e. The Hall–Kier alpha value is -1.64. The van der Waals surface area contributed by atoms with Crippen LogP contribution in [0.1, 0.15) is 11.1 Å². The molecule has 1 N–H and O–H groups in total. The third-order valence-corrected chi connectivity index (χ3v) is 5.41. The molecule has 0 spiro atoms. The summed E-state index contributed by atoms with van der Waals surface area (Å²) in [6, 6.07) is 12.6. The zero-order chi connectivity index (χ0) is 17.7. The lowest BCUT2D eigenvalue weighted by atomic mass is 10.0. The van der Waals surface area contributed by atoms with Crippen molar-refractivity contribution in [1.29, 1.82) is 0 Å². The zero-order valence-electron chi connectivity index (χ0n) is 12.1. The van der Waals surface area contributed by atoms with Crippen LogP contribution in [-0.4, -0.2) is 19.5 Å². The Labute approximate surface area is 156 Å².